The summed E-state index contributed by atoms with van der Waals surface area (Å²) in [6, 6.07) is 1.00. The maximum absolute atomic E-state index is 14.4. The van der Waals surface area contributed by atoms with Gasteiger partial charge < -0.3 is 14.4 Å². The summed E-state index contributed by atoms with van der Waals surface area (Å²) in [6.45, 7) is 0.994. The zero-order valence-corrected chi connectivity index (χ0v) is 16.9. The van der Waals surface area contributed by atoms with Gasteiger partial charge in [-0.2, -0.15) is 4.98 Å². The highest BCUT2D eigenvalue weighted by Crippen LogP contribution is 2.40. The lowest BCUT2D eigenvalue weighted by Crippen LogP contribution is -2.43. The minimum absolute atomic E-state index is 0. The largest absolute Gasteiger partial charge is 0.481 e. The van der Waals surface area contributed by atoms with Gasteiger partial charge in [0.2, 0.25) is 11.8 Å². The molecular formula is C18H25ClF3N3O3. The third kappa shape index (κ3) is 4.81. The second-order valence-corrected chi connectivity index (χ2v) is 7.28. The smallest absolute Gasteiger partial charge is 0.255 e. The van der Waals surface area contributed by atoms with Crippen molar-refractivity contribution in [3.05, 3.63) is 17.4 Å². The Morgan fingerprint density at radius 2 is 2.07 bits per heavy atom. The molecule has 1 aliphatic heterocycles. The van der Waals surface area contributed by atoms with Crippen molar-refractivity contribution in [3.63, 3.8) is 0 Å². The Labute approximate surface area is 168 Å². The van der Waals surface area contributed by atoms with Crippen molar-refractivity contribution in [2.24, 2.45) is 0 Å². The van der Waals surface area contributed by atoms with Crippen LogP contribution in [0.2, 0.25) is 0 Å². The van der Waals surface area contributed by atoms with Crippen molar-refractivity contribution in [2.75, 3.05) is 27.7 Å². The summed E-state index contributed by atoms with van der Waals surface area (Å²) >= 11 is 0. The van der Waals surface area contributed by atoms with E-state index in [9.17, 15) is 18.0 Å². The Kier molecular flexibility index (Phi) is 7.03. The number of ether oxygens (including phenoxy) is 2. The zero-order valence-electron chi connectivity index (χ0n) is 16.1. The Bertz CT molecular complexity index is 715. The van der Waals surface area contributed by atoms with E-state index in [4.69, 9.17) is 9.47 Å². The molecule has 0 aromatic carbocycles. The van der Waals surface area contributed by atoms with Crippen LogP contribution in [0.1, 0.15) is 31.2 Å². The molecule has 1 aromatic rings. The highest BCUT2D eigenvalue weighted by Gasteiger charge is 2.47. The van der Waals surface area contributed by atoms with Gasteiger partial charge in [-0.1, -0.05) is 0 Å². The minimum Gasteiger partial charge on any atom is -0.481 e. The first-order chi connectivity index (χ1) is 12.7. The van der Waals surface area contributed by atoms with Crippen molar-refractivity contribution in [3.8, 4) is 11.8 Å². The number of alkyl halides is 2. The molecule has 158 valence electrons. The maximum Gasteiger partial charge on any atom is 0.255 e. The molecular weight excluding hydrogens is 399 g/mol. The summed E-state index contributed by atoms with van der Waals surface area (Å²) in [5.41, 5.74) is 0.387. The van der Waals surface area contributed by atoms with Gasteiger partial charge in [0.25, 0.3) is 11.8 Å². The molecule has 0 bridgehead atoms. The predicted molar refractivity (Wildman–Crippen MR) is 98.7 cm³/mol. The quantitative estimate of drug-likeness (QED) is 0.704. The molecule has 0 N–H and O–H groups in total. The van der Waals surface area contributed by atoms with E-state index in [0.717, 1.165) is 19.4 Å². The molecule has 1 saturated heterocycles. The molecule has 2 aliphatic rings. The molecule has 3 rings (SSSR count). The van der Waals surface area contributed by atoms with Crippen LogP contribution in [0.15, 0.2) is 6.07 Å². The number of likely N-dealkylation sites (N-methyl/N-ethyl adjacent to an activating group) is 2. The van der Waals surface area contributed by atoms with E-state index in [0.29, 0.717) is 5.56 Å². The molecule has 28 heavy (non-hydrogen) atoms. The SMILES string of the molecule is COc1nc(OC2CC(F)(F)C2)c(F)cc1CN(C)C(=O)C1CCCN1C.Cl. The number of nitrogens with zero attached hydrogens (tertiary/aromatic N) is 3. The van der Waals surface area contributed by atoms with Gasteiger partial charge in [0.15, 0.2) is 5.82 Å². The van der Waals surface area contributed by atoms with Gasteiger partial charge >= 0.3 is 0 Å². The fourth-order valence-electron chi connectivity index (χ4n) is 3.52. The van der Waals surface area contributed by atoms with E-state index in [1.807, 2.05) is 11.9 Å². The number of hydrogen-bond donors (Lipinski definition) is 0. The molecule has 1 saturated carbocycles. The summed E-state index contributed by atoms with van der Waals surface area (Å²) in [6.07, 6.45) is 0.0864. The summed E-state index contributed by atoms with van der Waals surface area (Å²) in [7, 11) is 4.92. The molecule has 10 heteroatoms. The number of methoxy groups -OCH3 is 1. The van der Waals surface area contributed by atoms with Crippen LogP contribution in [0.25, 0.3) is 0 Å². The van der Waals surface area contributed by atoms with Crippen molar-refractivity contribution < 1.29 is 27.4 Å². The highest BCUT2D eigenvalue weighted by atomic mass is 35.5. The number of amides is 1. The normalized spacial score (nSPS) is 21.6. The van der Waals surface area contributed by atoms with Crippen molar-refractivity contribution in [1.29, 1.82) is 0 Å². The number of carbonyl (C=O) groups excluding carboxylic acids is 1. The Hall–Kier alpha value is -1.74. The van der Waals surface area contributed by atoms with Gasteiger partial charge in [0.05, 0.1) is 19.7 Å². The molecule has 1 aliphatic carbocycles. The zero-order chi connectivity index (χ0) is 19.8. The Balaban J connectivity index is 0.00000280. The molecule has 2 fully saturated rings. The van der Waals surface area contributed by atoms with Crippen LogP contribution in [-0.2, 0) is 11.3 Å². The van der Waals surface area contributed by atoms with Crippen LogP contribution in [0, 0.1) is 5.82 Å². The van der Waals surface area contributed by atoms with Crippen LogP contribution >= 0.6 is 12.4 Å². The van der Waals surface area contributed by atoms with Gasteiger partial charge in [0, 0.05) is 25.5 Å². The van der Waals surface area contributed by atoms with E-state index >= 15 is 0 Å². The van der Waals surface area contributed by atoms with E-state index in [-0.39, 0.29) is 42.7 Å². The van der Waals surface area contributed by atoms with Crippen LogP contribution < -0.4 is 9.47 Å². The Morgan fingerprint density at radius 3 is 2.61 bits per heavy atom. The van der Waals surface area contributed by atoms with E-state index in [1.165, 1.54) is 18.1 Å². The van der Waals surface area contributed by atoms with Crippen LogP contribution in [0.4, 0.5) is 13.2 Å². The average Bonchev–Trinajstić information content (AvgIpc) is 3.00. The Morgan fingerprint density at radius 1 is 1.39 bits per heavy atom. The molecule has 1 amide bonds. The molecule has 1 aromatic heterocycles. The summed E-state index contributed by atoms with van der Waals surface area (Å²) in [4.78, 5) is 20.1. The molecule has 0 spiro atoms. The second-order valence-electron chi connectivity index (χ2n) is 7.28. The highest BCUT2D eigenvalue weighted by molar-refractivity contribution is 5.85. The van der Waals surface area contributed by atoms with Crippen LogP contribution in [-0.4, -0.2) is 66.5 Å². The first kappa shape index (κ1) is 22.5. The first-order valence-corrected chi connectivity index (χ1v) is 8.93. The van der Waals surface area contributed by atoms with Gasteiger partial charge in [-0.05, 0) is 32.5 Å². The number of hydrogen-bond acceptors (Lipinski definition) is 5. The van der Waals surface area contributed by atoms with E-state index in [1.54, 1.807) is 7.05 Å². The maximum atomic E-state index is 14.4. The second kappa shape index (κ2) is 8.73. The third-order valence-corrected chi connectivity index (χ3v) is 5.10. The number of pyridine rings is 1. The standard InChI is InChI=1S/C18H24F3N3O3.ClH/c1-23-6-4-5-14(23)17(25)24(2)10-11-7-13(19)16(22-15(11)26-3)27-12-8-18(20,21)9-12;/h7,12,14H,4-6,8-10H2,1-3H3;1H. The number of likely N-dealkylation sites (tertiary alicyclic amines) is 1. The number of halogens is 4. The first-order valence-electron chi connectivity index (χ1n) is 8.93. The fraction of sp³-hybridized carbons (Fsp3) is 0.667. The third-order valence-electron chi connectivity index (χ3n) is 5.10. The minimum atomic E-state index is -2.76. The van der Waals surface area contributed by atoms with Gasteiger partial charge in [0.1, 0.15) is 6.10 Å². The molecule has 1 unspecified atom stereocenters. The predicted octanol–water partition coefficient (Wildman–Crippen LogP) is 2.88. The van der Waals surface area contributed by atoms with E-state index in [2.05, 4.69) is 4.98 Å². The van der Waals surface area contributed by atoms with Crippen LogP contribution in [0.5, 0.6) is 11.8 Å². The van der Waals surface area contributed by atoms with Gasteiger partial charge in [-0.3, -0.25) is 9.69 Å². The van der Waals surface area contributed by atoms with Gasteiger partial charge in [-0.25, -0.2) is 13.2 Å². The fourth-order valence-corrected chi connectivity index (χ4v) is 3.52. The van der Waals surface area contributed by atoms with Crippen molar-refractivity contribution >= 4 is 18.3 Å². The van der Waals surface area contributed by atoms with Gasteiger partial charge in [-0.15, -0.1) is 12.4 Å². The molecule has 1 atom stereocenters. The number of rotatable bonds is 6. The molecule has 0 radical (unpaired) electrons. The lowest BCUT2D eigenvalue weighted by molar-refractivity contribution is -0.136. The van der Waals surface area contributed by atoms with Crippen molar-refractivity contribution in [1.82, 2.24) is 14.8 Å². The number of aromatic nitrogens is 1. The number of carbonyl (C=O) groups is 1. The van der Waals surface area contributed by atoms with E-state index < -0.39 is 30.7 Å². The topological polar surface area (TPSA) is 54.9 Å². The van der Waals surface area contributed by atoms with Crippen molar-refractivity contribution in [2.45, 2.75) is 50.3 Å². The lowest BCUT2D eigenvalue weighted by Gasteiger charge is -2.34. The average molecular weight is 424 g/mol. The lowest BCUT2D eigenvalue weighted by atomic mass is 9.91. The summed E-state index contributed by atoms with van der Waals surface area (Å²) < 4.78 is 50.6. The molecule has 2 heterocycles. The molecule has 6 nitrogen and oxygen atoms in total. The monoisotopic (exact) mass is 423 g/mol. The summed E-state index contributed by atoms with van der Waals surface area (Å²) in [5.74, 6) is -3.83. The van der Waals surface area contributed by atoms with Crippen LogP contribution in [0.3, 0.4) is 0 Å². The summed E-state index contributed by atoms with van der Waals surface area (Å²) in [5, 5.41) is 0.